The highest BCUT2D eigenvalue weighted by Gasteiger charge is 2.70. The van der Waals surface area contributed by atoms with Gasteiger partial charge in [-0.25, -0.2) is 0 Å². The van der Waals surface area contributed by atoms with Crippen LogP contribution in [0.25, 0.3) is 0 Å². The van der Waals surface area contributed by atoms with Gasteiger partial charge < -0.3 is 15.8 Å². The van der Waals surface area contributed by atoms with Crippen molar-refractivity contribution in [2.45, 2.75) is 37.8 Å². The van der Waals surface area contributed by atoms with Gasteiger partial charge in [0.15, 0.2) is 0 Å². The number of imide groups is 1. The number of amides is 4. The molecule has 0 unspecified atom stereocenters. The number of carbonyl (C=O) groups excluding carboxylic acids is 4. The first-order valence-corrected chi connectivity index (χ1v) is 10.1. The molecule has 0 bridgehead atoms. The number of nitrogens with one attached hydrogen (secondary N) is 2. The lowest BCUT2D eigenvalue weighted by Crippen LogP contribution is -2.53. The van der Waals surface area contributed by atoms with Gasteiger partial charge in [-0.05, 0) is 25.8 Å². The summed E-state index contributed by atoms with van der Waals surface area (Å²) in [5.41, 5.74) is 6.23. The summed E-state index contributed by atoms with van der Waals surface area (Å²) >= 11 is 0. The minimum Gasteiger partial charge on any atom is -0.385 e. The molecule has 9 heteroatoms. The van der Waals surface area contributed by atoms with Gasteiger partial charge in [0.2, 0.25) is 23.6 Å². The number of anilines is 1. The lowest BCUT2D eigenvalue weighted by molar-refractivity contribution is -0.143. The Bertz CT molecular complexity index is 932. The van der Waals surface area contributed by atoms with Crippen LogP contribution in [0, 0.1) is 18.8 Å². The van der Waals surface area contributed by atoms with E-state index in [-0.39, 0.29) is 37.1 Å². The molecule has 3 aliphatic rings. The third-order valence-corrected chi connectivity index (χ3v) is 6.39. The van der Waals surface area contributed by atoms with Crippen LogP contribution in [0.1, 0.15) is 30.4 Å². The monoisotopic (exact) mass is 414 g/mol. The first-order chi connectivity index (χ1) is 14.3. The fraction of sp³-hybridized carbons (Fsp3) is 0.524. The summed E-state index contributed by atoms with van der Waals surface area (Å²) < 4.78 is 5.05. The molecule has 0 saturated carbocycles. The van der Waals surface area contributed by atoms with Crippen LogP contribution >= 0.6 is 0 Å². The highest BCUT2D eigenvalue weighted by atomic mass is 16.5. The predicted octanol–water partition coefficient (Wildman–Crippen LogP) is 0.0174. The number of hydrogen-bond acceptors (Lipinski definition) is 6. The van der Waals surface area contributed by atoms with Gasteiger partial charge in [-0.1, -0.05) is 17.7 Å². The van der Waals surface area contributed by atoms with Crippen LogP contribution in [0.2, 0.25) is 0 Å². The molecule has 1 aromatic rings. The molecule has 4 rings (SSSR count). The third-order valence-electron chi connectivity index (χ3n) is 6.39. The molecule has 2 fully saturated rings. The van der Waals surface area contributed by atoms with Gasteiger partial charge in [-0.15, -0.1) is 0 Å². The van der Waals surface area contributed by atoms with Crippen molar-refractivity contribution in [3.05, 3.63) is 29.3 Å². The van der Waals surface area contributed by atoms with Gasteiger partial charge in [0.1, 0.15) is 5.54 Å². The molecule has 160 valence electrons. The molecule has 30 heavy (non-hydrogen) atoms. The summed E-state index contributed by atoms with van der Waals surface area (Å²) in [4.78, 5) is 52.6. The Labute approximate surface area is 174 Å². The van der Waals surface area contributed by atoms with E-state index in [1.165, 1.54) is 4.90 Å². The number of carbonyl (C=O) groups is 4. The fourth-order valence-corrected chi connectivity index (χ4v) is 5.11. The van der Waals surface area contributed by atoms with Gasteiger partial charge in [0.05, 0.1) is 11.8 Å². The Kier molecular flexibility index (Phi) is 5.11. The van der Waals surface area contributed by atoms with Crippen LogP contribution in [-0.4, -0.2) is 54.8 Å². The number of nitrogens with zero attached hydrogens (tertiary/aromatic N) is 1. The minimum absolute atomic E-state index is 0.0599. The fourth-order valence-electron chi connectivity index (χ4n) is 5.11. The highest BCUT2D eigenvalue weighted by Crippen LogP contribution is 2.53. The van der Waals surface area contributed by atoms with E-state index in [0.717, 1.165) is 5.56 Å². The number of aryl methyl sites for hydroxylation is 1. The van der Waals surface area contributed by atoms with Gasteiger partial charge in [-0.2, -0.15) is 0 Å². The number of fused-ring (bicyclic) bond motifs is 4. The van der Waals surface area contributed by atoms with E-state index in [0.29, 0.717) is 24.3 Å². The number of likely N-dealkylation sites (tertiary alicyclic amines) is 1. The molecule has 4 N–H and O–H groups in total. The maximum absolute atomic E-state index is 13.4. The number of hydrogen-bond donors (Lipinski definition) is 3. The summed E-state index contributed by atoms with van der Waals surface area (Å²) in [5.74, 6) is -3.10. The lowest BCUT2D eigenvalue weighted by atomic mass is 9.76. The van der Waals surface area contributed by atoms with Crippen molar-refractivity contribution in [2.24, 2.45) is 17.6 Å². The van der Waals surface area contributed by atoms with E-state index >= 15 is 0 Å². The van der Waals surface area contributed by atoms with Crippen molar-refractivity contribution in [2.75, 3.05) is 25.6 Å². The SMILES string of the molecule is COCCCN1C(=O)[C@H]2[C@@H](C1=O)[C@]1(N[C@@H]2CCC(N)=O)C(=O)Nc2ccc(C)cc21. The van der Waals surface area contributed by atoms with E-state index < -0.39 is 29.3 Å². The second-order valence-electron chi connectivity index (χ2n) is 8.24. The summed E-state index contributed by atoms with van der Waals surface area (Å²) in [6.07, 6.45) is 0.851. The van der Waals surface area contributed by atoms with Crippen LogP contribution in [0.4, 0.5) is 5.69 Å². The second kappa shape index (κ2) is 7.48. The van der Waals surface area contributed by atoms with E-state index in [4.69, 9.17) is 10.5 Å². The van der Waals surface area contributed by atoms with E-state index in [2.05, 4.69) is 10.6 Å². The molecular formula is C21H26N4O5. The number of nitrogens with two attached hydrogens (primary N) is 1. The lowest BCUT2D eigenvalue weighted by Gasteiger charge is -2.29. The number of ether oxygens (including phenoxy) is 1. The maximum Gasteiger partial charge on any atom is 0.250 e. The predicted molar refractivity (Wildman–Crippen MR) is 107 cm³/mol. The van der Waals surface area contributed by atoms with Crippen molar-refractivity contribution in [3.8, 4) is 0 Å². The smallest absolute Gasteiger partial charge is 0.250 e. The van der Waals surface area contributed by atoms with E-state index in [1.54, 1.807) is 7.11 Å². The zero-order valence-corrected chi connectivity index (χ0v) is 17.1. The first kappa shape index (κ1) is 20.5. The van der Waals surface area contributed by atoms with Crippen molar-refractivity contribution in [1.29, 1.82) is 0 Å². The second-order valence-corrected chi connectivity index (χ2v) is 8.24. The molecule has 0 aliphatic carbocycles. The molecule has 1 spiro atoms. The van der Waals surface area contributed by atoms with Crippen LogP contribution < -0.4 is 16.4 Å². The summed E-state index contributed by atoms with van der Waals surface area (Å²) in [7, 11) is 1.56. The molecule has 0 radical (unpaired) electrons. The van der Waals surface area contributed by atoms with E-state index in [9.17, 15) is 19.2 Å². The van der Waals surface area contributed by atoms with Gasteiger partial charge >= 0.3 is 0 Å². The number of benzene rings is 1. The summed E-state index contributed by atoms with van der Waals surface area (Å²) in [6.45, 7) is 2.56. The standard InChI is InChI=1S/C21H26N4O5/c1-11-4-5-13-12(10-11)21(20(29)23-13)17-16(14(24-21)6-7-15(22)26)18(27)25(19(17)28)8-3-9-30-2/h4-5,10,14,16-17,24H,3,6-9H2,1-2H3,(H2,22,26)(H,23,29)/t14-,16-,17+,21+/m1/s1. The number of methoxy groups -OCH3 is 1. The highest BCUT2D eigenvalue weighted by molar-refractivity contribution is 6.15. The third kappa shape index (κ3) is 2.92. The average molecular weight is 414 g/mol. The summed E-state index contributed by atoms with van der Waals surface area (Å²) in [6, 6.07) is 5.05. The molecule has 3 heterocycles. The Morgan fingerprint density at radius 1 is 1.27 bits per heavy atom. The molecule has 9 nitrogen and oxygen atoms in total. The Hall–Kier alpha value is -2.78. The van der Waals surface area contributed by atoms with Crippen molar-refractivity contribution in [3.63, 3.8) is 0 Å². The average Bonchev–Trinajstić information content (AvgIpc) is 3.27. The van der Waals surface area contributed by atoms with Crippen molar-refractivity contribution < 1.29 is 23.9 Å². The Morgan fingerprint density at radius 2 is 2.03 bits per heavy atom. The summed E-state index contributed by atoms with van der Waals surface area (Å²) in [5, 5.41) is 6.16. The molecule has 4 amide bonds. The van der Waals surface area contributed by atoms with Crippen LogP contribution in [0.15, 0.2) is 18.2 Å². The van der Waals surface area contributed by atoms with Gasteiger partial charge in [0, 0.05) is 44.0 Å². The van der Waals surface area contributed by atoms with Gasteiger partial charge in [-0.3, -0.25) is 29.4 Å². The van der Waals surface area contributed by atoms with Crippen LogP contribution in [-0.2, 0) is 29.5 Å². The van der Waals surface area contributed by atoms with Crippen LogP contribution in [0.3, 0.4) is 0 Å². The minimum atomic E-state index is -1.34. The maximum atomic E-state index is 13.4. The molecule has 3 aliphatic heterocycles. The Balaban J connectivity index is 1.77. The first-order valence-electron chi connectivity index (χ1n) is 10.1. The molecule has 1 aromatic carbocycles. The molecular weight excluding hydrogens is 388 g/mol. The van der Waals surface area contributed by atoms with Gasteiger partial charge in [0.25, 0.3) is 0 Å². The quantitative estimate of drug-likeness (QED) is 0.426. The van der Waals surface area contributed by atoms with E-state index in [1.807, 2.05) is 25.1 Å². The number of primary amides is 1. The van der Waals surface area contributed by atoms with Crippen molar-refractivity contribution >= 4 is 29.3 Å². The largest absolute Gasteiger partial charge is 0.385 e. The normalized spacial score (nSPS) is 29.5. The van der Waals surface area contributed by atoms with Crippen molar-refractivity contribution in [1.82, 2.24) is 10.2 Å². The number of rotatable bonds is 7. The molecule has 0 aromatic heterocycles. The topological polar surface area (TPSA) is 131 Å². The molecule has 2 saturated heterocycles. The zero-order chi connectivity index (χ0) is 21.6. The zero-order valence-electron chi connectivity index (χ0n) is 17.1. The Morgan fingerprint density at radius 3 is 2.73 bits per heavy atom. The van der Waals surface area contributed by atoms with Crippen LogP contribution in [0.5, 0.6) is 0 Å². The molecule has 4 atom stereocenters.